The molecule has 7 heteroatoms. The van der Waals surface area contributed by atoms with Gasteiger partial charge in [-0.2, -0.15) is 15.1 Å². The Morgan fingerprint density at radius 3 is 2.58 bits per heavy atom. The number of nitrogens with two attached hydrogens (primary N) is 1. The van der Waals surface area contributed by atoms with E-state index in [2.05, 4.69) is 33.8 Å². The minimum atomic E-state index is -0.214. The van der Waals surface area contributed by atoms with Crippen LogP contribution in [0.15, 0.2) is 24.5 Å². The van der Waals surface area contributed by atoms with Crippen LogP contribution in [0.25, 0.3) is 5.82 Å². The van der Waals surface area contributed by atoms with Crippen LogP contribution in [0.1, 0.15) is 39.5 Å². The molecule has 0 aromatic carbocycles. The average molecular weight is 328 g/mol. The first-order valence-corrected chi connectivity index (χ1v) is 8.55. The molecule has 0 atom stereocenters. The summed E-state index contributed by atoms with van der Waals surface area (Å²) in [6, 6.07) is 3.82. The van der Waals surface area contributed by atoms with Crippen molar-refractivity contribution in [2.45, 2.75) is 50.7 Å². The molecular formula is C17H24N6O. The van der Waals surface area contributed by atoms with Crippen LogP contribution < -0.4 is 10.6 Å². The Kier molecular flexibility index (Phi) is 3.49. The molecule has 2 aromatic rings. The number of nitrogens with zero attached hydrogens (tertiary/aromatic N) is 5. The van der Waals surface area contributed by atoms with Crippen molar-refractivity contribution in [2.24, 2.45) is 0 Å². The minimum Gasteiger partial charge on any atom is -0.368 e. The van der Waals surface area contributed by atoms with E-state index in [0.29, 0.717) is 5.82 Å². The number of hydrogen-bond donors (Lipinski definition) is 1. The fourth-order valence-corrected chi connectivity index (χ4v) is 4.08. The van der Waals surface area contributed by atoms with Gasteiger partial charge in [0.15, 0.2) is 5.82 Å². The normalized spacial score (nSPS) is 22.2. The molecule has 24 heavy (non-hydrogen) atoms. The molecule has 128 valence electrons. The van der Waals surface area contributed by atoms with Gasteiger partial charge in [0.05, 0.1) is 11.2 Å². The molecule has 2 aliphatic rings. The van der Waals surface area contributed by atoms with E-state index in [0.717, 1.165) is 31.7 Å². The lowest BCUT2D eigenvalue weighted by Crippen LogP contribution is -2.59. The van der Waals surface area contributed by atoms with Crippen LogP contribution in [0, 0.1) is 0 Å². The lowest BCUT2D eigenvalue weighted by molar-refractivity contribution is -0.148. The van der Waals surface area contributed by atoms with Crippen LogP contribution in [0.3, 0.4) is 0 Å². The van der Waals surface area contributed by atoms with E-state index >= 15 is 0 Å². The van der Waals surface area contributed by atoms with Gasteiger partial charge in [-0.3, -0.25) is 0 Å². The van der Waals surface area contributed by atoms with Gasteiger partial charge >= 0.3 is 0 Å². The van der Waals surface area contributed by atoms with Crippen molar-refractivity contribution in [1.29, 1.82) is 0 Å². The number of aromatic nitrogens is 4. The largest absolute Gasteiger partial charge is 0.368 e. The van der Waals surface area contributed by atoms with Gasteiger partial charge in [0, 0.05) is 31.5 Å². The molecule has 7 nitrogen and oxygen atoms in total. The van der Waals surface area contributed by atoms with E-state index in [9.17, 15) is 0 Å². The van der Waals surface area contributed by atoms with Crippen LogP contribution >= 0.6 is 0 Å². The second kappa shape index (κ2) is 5.44. The molecule has 0 amide bonds. The maximum absolute atomic E-state index is 6.47. The molecule has 0 bridgehead atoms. The zero-order valence-electron chi connectivity index (χ0n) is 14.3. The summed E-state index contributed by atoms with van der Waals surface area (Å²) in [4.78, 5) is 11.1. The van der Waals surface area contributed by atoms with Gasteiger partial charge in [0.1, 0.15) is 5.82 Å². The van der Waals surface area contributed by atoms with Crippen LogP contribution in [0.5, 0.6) is 0 Å². The molecule has 1 saturated carbocycles. The maximum atomic E-state index is 6.47. The van der Waals surface area contributed by atoms with E-state index in [4.69, 9.17) is 10.5 Å². The van der Waals surface area contributed by atoms with Crippen molar-refractivity contribution in [2.75, 3.05) is 23.7 Å². The summed E-state index contributed by atoms with van der Waals surface area (Å²) in [5.41, 5.74) is 5.69. The molecule has 0 radical (unpaired) electrons. The van der Waals surface area contributed by atoms with Gasteiger partial charge in [-0.05, 0) is 32.8 Å². The van der Waals surface area contributed by atoms with Crippen LogP contribution in [-0.2, 0) is 4.74 Å². The van der Waals surface area contributed by atoms with E-state index < -0.39 is 0 Å². The summed E-state index contributed by atoms with van der Waals surface area (Å²) in [5.74, 6) is 1.80. The Hall–Kier alpha value is -2.15. The number of anilines is 2. The molecule has 0 unspecified atom stereocenters. The third-order valence-electron chi connectivity index (χ3n) is 4.84. The molecule has 2 fully saturated rings. The Morgan fingerprint density at radius 2 is 1.88 bits per heavy atom. The van der Waals surface area contributed by atoms with E-state index in [1.54, 1.807) is 10.9 Å². The predicted octanol–water partition coefficient (Wildman–Crippen LogP) is 2.17. The molecule has 1 aliphatic carbocycles. The number of morpholine rings is 1. The summed E-state index contributed by atoms with van der Waals surface area (Å²) < 4.78 is 8.18. The summed E-state index contributed by atoms with van der Waals surface area (Å²) in [6.07, 6.45) is 8.26. The predicted molar refractivity (Wildman–Crippen MR) is 92.1 cm³/mol. The van der Waals surface area contributed by atoms with Gasteiger partial charge in [-0.15, -0.1) is 0 Å². The summed E-state index contributed by atoms with van der Waals surface area (Å²) in [5, 5.41) is 4.24. The number of rotatable bonds is 2. The topological polar surface area (TPSA) is 82.1 Å². The second-order valence-electron chi connectivity index (χ2n) is 7.50. The van der Waals surface area contributed by atoms with Crippen molar-refractivity contribution < 1.29 is 4.74 Å². The van der Waals surface area contributed by atoms with Crippen LogP contribution in [0.4, 0.5) is 11.8 Å². The Balaban J connectivity index is 1.69. The van der Waals surface area contributed by atoms with Gasteiger partial charge in [0.2, 0.25) is 5.95 Å². The molecule has 3 heterocycles. The third kappa shape index (κ3) is 2.84. The van der Waals surface area contributed by atoms with Crippen molar-refractivity contribution in [3.63, 3.8) is 0 Å². The highest BCUT2D eigenvalue weighted by molar-refractivity contribution is 5.49. The number of hydrogen-bond acceptors (Lipinski definition) is 6. The van der Waals surface area contributed by atoms with Gasteiger partial charge in [-0.25, -0.2) is 4.68 Å². The second-order valence-corrected chi connectivity index (χ2v) is 7.50. The maximum Gasteiger partial charge on any atom is 0.224 e. The Morgan fingerprint density at radius 1 is 1.12 bits per heavy atom. The standard InChI is InChI=1S/C17H24N6O/c1-16(2)11-22(12-17(24-16)6-3-4-7-17)13-10-14(21-15(18)20-13)23-9-5-8-19-23/h5,8-10H,3-4,6-7,11-12H2,1-2H3,(H2,18,20,21). The van der Waals surface area contributed by atoms with Crippen molar-refractivity contribution in [3.8, 4) is 5.82 Å². The summed E-state index contributed by atoms with van der Waals surface area (Å²) in [6.45, 7) is 5.94. The van der Waals surface area contributed by atoms with Crippen molar-refractivity contribution in [3.05, 3.63) is 24.5 Å². The fourth-order valence-electron chi connectivity index (χ4n) is 4.08. The molecule has 2 aromatic heterocycles. The zero-order valence-corrected chi connectivity index (χ0v) is 14.3. The molecule has 1 aliphatic heterocycles. The third-order valence-corrected chi connectivity index (χ3v) is 4.84. The SMILES string of the molecule is CC1(C)CN(c2cc(-n3cccn3)nc(N)n2)CC2(CCCC2)O1. The number of ether oxygens (including phenoxy) is 1. The average Bonchev–Trinajstić information content (AvgIpc) is 3.17. The highest BCUT2D eigenvalue weighted by atomic mass is 16.5. The molecule has 1 saturated heterocycles. The smallest absolute Gasteiger partial charge is 0.224 e. The van der Waals surface area contributed by atoms with Gasteiger partial charge < -0.3 is 15.4 Å². The van der Waals surface area contributed by atoms with E-state index in [1.807, 2.05) is 18.3 Å². The fraction of sp³-hybridized carbons (Fsp3) is 0.588. The number of nitrogen functional groups attached to an aromatic ring is 1. The Bertz CT molecular complexity index is 721. The minimum absolute atomic E-state index is 0.0622. The van der Waals surface area contributed by atoms with E-state index in [-0.39, 0.29) is 17.2 Å². The highest BCUT2D eigenvalue weighted by Gasteiger charge is 2.46. The van der Waals surface area contributed by atoms with Gasteiger partial charge in [-0.1, -0.05) is 12.8 Å². The molecule has 2 N–H and O–H groups in total. The van der Waals surface area contributed by atoms with Crippen molar-refractivity contribution >= 4 is 11.8 Å². The quantitative estimate of drug-likeness (QED) is 0.910. The lowest BCUT2D eigenvalue weighted by atomic mass is 9.94. The zero-order chi connectivity index (χ0) is 16.8. The molecule has 1 spiro atoms. The van der Waals surface area contributed by atoms with Crippen molar-refractivity contribution in [1.82, 2.24) is 19.7 Å². The molecular weight excluding hydrogens is 304 g/mol. The monoisotopic (exact) mass is 328 g/mol. The summed E-state index contributed by atoms with van der Waals surface area (Å²) >= 11 is 0. The Labute approximate surface area is 141 Å². The van der Waals surface area contributed by atoms with Crippen LogP contribution in [-0.4, -0.2) is 44.0 Å². The first-order valence-electron chi connectivity index (χ1n) is 8.55. The summed E-state index contributed by atoms with van der Waals surface area (Å²) in [7, 11) is 0. The van der Waals surface area contributed by atoms with Crippen LogP contribution in [0.2, 0.25) is 0 Å². The highest BCUT2D eigenvalue weighted by Crippen LogP contribution is 2.41. The van der Waals surface area contributed by atoms with Gasteiger partial charge in [0.25, 0.3) is 0 Å². The molecule has 4 rings (SSSR count). The first-order chi connectivity index (χ1) is 11.4. The first kappa shape index (κ1) is 15.4. The van der Waals surface area contributed by atoms with E-state index in [1.165, 1.54) is 12.8 Å². The lowest BCUT2D eigenvalue weighted by Gasteiger charge is -2.49.